The first-order valence-electron chi connectivity index (χ1n) is 5.79. The summed E-state index contributed by atoms with van der Waals surface area (Å²) in [7, 11) is -3.33. The molecular formula is C12H12N4O2S2. The zero-order valence-electron chi connectivity index (χ0n) is 10.8. The van der Waals surface area contributed by atoms with Gasteiger partial charge in [-0.15, -0.1) is 0 Å². The highest BCUT2D eigenvalue weighted by molar-refractivity contribution is 7.91. The topological polar surface area (TPSA) is 102 Å². The third kappa shape index (κ3) is 1.97. The van der Waals surface area contributed by atoms with E-state index in [0.29, 0.717) is 21.9 Å². The van der Waals surface area contributed by atoms with Crippen molar-refractivity contribution >= 4 is 37.4 Å². The van der Waals surface area contributed by atoms with Crippen LogP contribution in [-0.4, -0.2) is 29.0 Å². The molecular weight excluding hydrogens is 296 g/mol. The summed E-state index contributed by atoms with van der Waals surface area (Å²) in [6.45, 7) is 1.84. The molecule has 0 unspecified atom stereocenters. The Bertz CT molecular complexity index is 889. The van der Waals surface area contributed by atoms with E-state index in [2.05, 4.69) is 14.3 Å². The van der Waals surface area contributed by atoms with Crippen molar-refractivity contribution in [3.63, 3.8) is 0 Å². The maximum Gasteiger partial charge on any atom is 0.177 e. The molecule has 3 rings (SSSR count). The molecule has 1 aromatic carbocycles. The number of nitrogens with zero attached hydrogens (tertiary/aromatic N) is 2. The van der Waals surface area contributed by atoms with Crippen molar-refractivity contribution in [2.24, 2.45) is 0 Å². The molecule has 6 nitrogen and oxygen atoms in total. The second kappa shape index (κ2) is 4.29. The minimum atomic E-state index is -3.33. The molecule has 0 radical (unpaired) electrons. The highest BCUT2D eigenvalue weighted by Gasteiger charge is 2.18. The number of benzene rings is 1. The highest BCUT2D eigenvalue weighted by Crippen LogP contribution is 2.32. The largest absolute Gasteiger partial charge is 0.389 e. The summed E-state index contributed by atoms with van der Waals surface area (Å²) in [6.07, 6.45) is 1.17. The molecule has 3 aromatic rings. The molecule has 2 heterocycles. The van der Waals surface area contributed by atoms with Gasteiger partial charge in [-0.05, 0) is 30.6 Å². The summed E-state index contributed by atoms with van der Waals surface area (Å²) in [4.78, 5) is 7.70. The Labute approximate surface area is 119 Å². The van der Waals surface area contributed by atoms with Gasteiger partial charge in [-0.3, -0.25) is 0 Å². The van der Waals surface area contributed by atoms with Crippen molar-refractivity contribution in [1.29, 1.82) is 0 Å². The summed E-state index contributed by atoms with van der Waals surface area (Å²) in [5, 5.41) is 0.558. The lowest BCUT2D eigenvalue weighted by Gasteiger charge is -1.97. The predicted molar refractivity (Wildman–Crippen MR) is 79.5 cm³/mol. The van der Waals surface area contributed by atoms with Crippen LogP contribution in [0.1, 0.15) is 5.69 Å². The van der Waals surface area contributed by atoms with Gasteiger partial charge in [-0.2, -0.15) is 4.37 Å². The Morgan fingerprint density at radius 1 is 1.35 bits per heavy atom. The van der Waals surface area contributed by atoms with Crippen LogP contribution in [0.15, 0.2) is 23.1 Å². The van der Waals surface area contributed by atoms with E-state index < -0.39 is 9.84 Å². The molecule has 0 saturated heterocycles. The van der Waals surface area contributed by atoms with E-state index in [4.69, 9.17) is 5.73 Å². The number of imidazole rings is 1. The second-order valence-electron chi connectivity index (χ2n) is 4.52. The number of rotatable bonds is 2. The summed E-state index contributed by atoms with van der Waals surface area (Å²) in [5.41, 5.74) is 8.48. The monoisotopic (exact) mass is 308 g/mol. The number of nitrogens with one attached hydrogen (secondary N) is 1. The van der Waals surface area contributed by atoms with Gasteiger partial charge in [0.25, 0.3) is 0 Å². The van der Waals surface area contributed by atoms with Crippen LogP contribution in [0.2, 0.25) is 0 Å². The number of aryl methyl sites for hydroxylation is 1. The number of nitrogens with two attached hydrogens (primary N) is 1. The SMILES string of the molecule is Cc1nsc(N)c1-c1nc2c(S(C)(=O)=O)cccc2[nH]1. The van der Waals surface area contributed by atoms with Crippen LogP contribution in [0.3, 0.4) is 0 Å². The number of nitrogen functional groups attached to an aromatic ring is 1. The lowest BCUT2D eigenvalue weighted by atomic mass is 10.2. The van der Waals surface area contributed by atoms with Gasteiger partial charge >= 0.3 is 0 Å². The van der Waals surface area contributed by atoms with Gasteiger partial charge in [0.2, 0.25) is 0 Å². The van der Waals surface area contributed by atoms with Crippen molar-refractivity contribution in [1.82, 2.24) is 14.3 Å². The van der Waals surface area contributed by atoms with Crippen molar-refractivity contribution < 1.29 is 8.42 Å². The summed E-state index contributed by atoms with van der Waals surface area (Å²) >= 11 is 1.20. The summed E-state index contributed by atoms with van der Waals surface area (Å²) in [6, 6.07) is 5.01. The molecule has 0 atom stereocenters. The first-order chi connectivity index (χ1) is 9.38. The van der Waals surface area contributed by atoms with Crippen molar-refractivity contribution in [2.75, 3.05) is 12.0 Å². The van der Waals surface area contributed by atoms with Crippen LogP contribution in [0.5, 0.6) is 0 Å². The normalized spacial score (nSPS) is 12.1. The van der Waals surface area contributed by atoms with Gasteiger partial charge in [0.15, 0.2) is 9.84 Å². The van der Waals surface area contributed by atoms with Gasteiger partial charge in [0.1, 0.15) is 16.3 Å². The second-order valence-corrected chi connectivity index (χ2v) is 7.31. The van der Waals surface area contributed by atoms with E-state index in [1.165, 1.54) is 17.8 Å². The zero-order chi connectivity index (χ0) is 14.5. The predicted octanol–water partition coefficient (Wildman–Crippen LogP) is 1.98. The Morgan fingerprint density at radius 3 is 2.70 bits per heavy atom. The molecule has 3 N–H and O–H groups in total. The molecule has 0 spiro atoms. The minimum absolute atomic E-state index is 0.205. The van der Waals surface area contributed by atoms with E-state index in [9.17, 15) is 8.42 Å². The van der Waals surface area contributed by atoms with E-state index in [-0.39, 0.29) is 4.90 Å². The molecule has 20 heavy (non-hydrogen) atoms. The minimum Gasteiger partial charge on any atom is -0.389 e. The van der Waals surface area contributed by atoms with Crippen LogP contribution in [-0.2, 0) is 9.84 Å². The lowest BCUT2D eigenvalue weighted by Crippen LogP contribution is -1.97. The van der Waals surface area contributed by atoms with E-state index >= 15 is 0 Å². The van der Waals surface area contributed by atoms with Gasteiger partial charge in [-0.1, -0.05) is 6.07 Å². The Kier molecular flexibility index (Phi) is 2.80. The van der Waals surface area contributed by atoms with Crippen molar-refractivity contribution in [3.8, 4) is 11.4 Å². The van der Waals surface area contributed by atoms with Gasteiger partial charge < -0.3 is 10.7 Å². The average molecular weight is 308 g/mol. The quantitative estimate of drug-likeness (QED) is 0.753. The molecule has 2 aromatic heterocycles. The van der Waals surface area contributed by atoms with Crippen LogP contribution in [0.25, 0.3) is 22.4 Å². The van der Waals surface area contributed by atoms with Gasteiger partial charge in [0.05, 0.1) is 21.7 Å². The third-order valence-corrected chi connectivity index (χ3v) is 4.90. The number of aromatic amines is 1. The zero-order valence-corrected chi connectivity index (χ0v) is 12.5. The molecule has 0 aliphatic heterocycles. The van der Waals surface area contributed by atoms with Gasteiger partial charge in [0, 0.05) is 6.26 Å². The Balaban J connectivity index is 2.32. The van der Waals surface area contributed by atoms with Crippen molar-refractivity contribution in [3.05, 3.63) is 23.9 Å². The first kappa shape index (κ1) is 13.1. The fraction of sp³-hybridized carbons (Fsp3) is 0.167. The fourth-order valence-corrected chi connectivity index (χ4v) is 3.59. The smallest absolute Gasteiger partial charge is 0.177 e. The van der Waals surface area contributed by atoms with E-state index in [1.54, 1.807) is 18.2 Å². The lowest BCUT2D eigenvalue weighted by molar-refractivity contribution is 0.602. The molecule has 0 saturated carbocycles. The van der Waals surface area contributed by atoms with Crippen LogP contribution >= 0.6 is 11.5 Å². The number of anilines is 1. The number of hydrogen-bond acceptors (Lipinski definition) is 6. The number of hydrogen-bond donors (Lipinski definition) is 2. The maximum absolute atomic E-state index is 11.8. The number of sulfone groups is 1. The van der Waals surface area contributed by atoms with E-state index in [1.807, 2.05) is 6.92 Å². The van der Waals surface area contributed by atoms with Gasteiger partial charge in [-0.25, -0.2) is 13.4 Å². The highest BCUT2D eigenvalue weighted by atomic mass is 32.2. The van der Waals surface area contributed by atoms with Crippen LogP contribution in [0, 0.1) is 6.92 Å². The maximum atomic E-state index is 11.8. The number of H-pyrrole nitrogens is 1. The summed E-state index contributed by atoms with van der Waals surface area (Å²) in [5.74, 6) is 0.542. The average Bonchev–Trinajstić information content (AvgIpc) is 2.90. The third-order valence-electron chi connectivity index (χ3n) is 3.00. The Morgan fingerprint density at radius 2 is 2.10 bits per heavy atom. The van der Waals surface area contributed by atoms with E-state index in [0.717, 1.165) is 11.3 Å². The summed E-state index contributed by atoms with van der Waals surface area (Å²) < 4.78 is 27.7. The van der Waals surface area contributed by atoms with Crippen molar-refractivity contribution in [2.45, 2.75) is 11.8 Å². The number of fused-ring (bicyclic) bond motifs is 1. The molecule has 104 valence electrons. The molecule has 0 aliphatic rings. The molecule has 0 fully saturated rings. The van der Waals surface area contributed by atoms with Crippen LogP contribution in [0.4, 0.5) is 5.00 Å². The Hall–Kier alpha value is -1.93. The fourth-order valence-electron chi connectivity index (χ4n) is 2.10. The number of aromatic nitrogens is 3. The standard InChI is InChI=1S/C12H12N4O2S2/c1-6-9(11(13)19-16-6)12-14-7-4-3-5-8(10(7)15-12)20(2,17)18/h3-5H,13H2,1-2H3,(H,14,15). The molecule has 0 bridgehead atoms. The molecule has 0 aliphatic carbocycles. The number of para-hydroxylation sites is 1. The van der Waals surface area contributed by atoms with Crippen LogP contribution < -0.4 is 5.73 Å². The first-order valence-corrected chi connectivity index (χ1v) is 8.45. The molecule has 0 amide bonds. The molecule has 8 heteroatoms.